The number of anilines is 2. The SMILES string of the molecule is CNC(C)C(=O)N[C@H]1CN(C(=O)CC(C)C)c2ccccc2N(Cc2ccccc2)C1=O. The number of benzene rings is 2. The maximum absolute atomic E-state index is 13.7. The van der Waals surface area contributed by atoms with Crippen LogP contribution >= 0.6 is 0 Å². The maximum Gasteiger partial charge on any atom is 0.251 e. The molecule has 0 aliphatic carbocycles. The number of amides is 3. The molecule has 1 aliphatic rings. The summed E-state index contributed by atoms with van der Waals surface area (Å²) in [6.45, 7) is 6.14. The molecule has 0 aromatic heterocycles. The third kappa shape index (κ3) is 5.34. The first kappa shape index (κ1) is 23.5. The number of para-hydroxylation sites is 2. The Morgan fingerprint density at radius 2 is 1.62 bits per heavy atom. The molecule has 3 amide bonds. The number of fused-ring (bicyclic) bond motifs is 1. The van der Waals surface area contributed by atoms with E-state index in [4.69, 9.17) is 0 Å². The molecule has 1 unspecified atom stereocenters. The van der Waals surface area contributed by atoms with Crippen molar-refractivity contribution in [2.24, 2.45) is 5.92 Å². The Morgan fingerprint density at radius 3 is 2.25 bits per heavy atom. The topological polar surface area (TPSA) is 81.8 Å². The van der Waals surface area contributed by atoms with Crippen molar-refractivity contribution in [3.63, 3.8) is 0 Å². The zero-order valence-electron chi connectivity index (χ0n) is 19.2. The van der Waals surface area contributed by atoms with Crippen LogP contribution in [0.5, 0.6) is 0 Å². The van der Waals surface area contributed by atoms with Gasteiger partial charge in [-0.25, -0.2) is 0 Å². The van der Waals surface area contributed by atoms with Crippen LogP contribution in [0.25, 0.3) is 0 Å². The van der Waals surface area contributed by atoms with Gasteiger partial charge in [0.2, 0.25) is 11.8 Å². The molecule has 1 heterocycles. The van der Waals surface area contributed by atoms with Crippen molar-refractivity contribution in [2.75, 3.05) is 23.4 Å². The van der Waals surface area contributed by atoms with Gasteiger partial charge in [0.05, 0.1) is 30.5 Å². The van der Waals surface area contributed by atoms with Crippen LogP contribution in [0.3, 0.4) is 0 Å². The fourth-order valence-electron chi connectivity index (χ4n) is 3.75. The highest BCUT2D eigenvalue weighted by atomic mass is 16.2. The van der Waals surface area contributed by atoms with E-state index < -0.39 is 12.1 Å². The van der Waals surface area contributed by atoms with Crippen LogP contribution in [0, 0.1) is 5.92 Å². The summed E-state index contributed by atoms with van der Waals surface area (Å²) in [5.41, 5.74) is 2.31. The van der Waals surface area contributed by atoms with Gasteiger partial charge >= 0.3 is 0 Å². The molecule has 2 atom stereocenters. The second kappa shape index (κ2) is 10.4. The summed E-state index contributed by atoms with van der Waals surface area (Å²) in [5, 5.41) is 5.76. The van der Waals surface area contributed by atoms with Gasteiger partial charge in [0, 0.05) is 6.42 Å². The van der Waals surface area contributed by atoms with Crippen LogP contribution in [0.15, 0.2) is 54.6 Å². The van der Waals surface area contributed by atoms with Gasteiger partial charge in [-0.1, -0.05) is 56.3 Å². The van der Waals surface area contributed by atoms with Gasteiger partial charge in [0.25, 0.3) is 5.91 Å². The van der Waals surface area contributed by atoms with Crippen LogP contribution in [-0.2, 0) is 20.9 Å². The van der Waals surface area contributed by atoms with Crippen molar-refractivity contribution >= 4 is 29.1 Å². The lowest BCUT2D eigenvalue weighted by Crippen LogP contribution is -2.55. The number of carbonyl (C=O) groups is 3. The normalized spacial score (nSPS) is 17.0. The highest BCUT2D eigenvalue weighted by Crippen LogP contribution is 2.34. The third-order valence-electron chi connectivity index (χ3n) is 5.60. The molecule has 7 nitrogen and oxygen atoms in total. The van der Waals surface area contributed by atoms with E-state index >= 15 is 0 Å². The minimum Gasteiger partial charge on any atom is -0.341 e. The Morgan fingerprint density at radius 1 is 1.00 bits per heavy atom. The molecule has 32 heavy (non-hydrogen) atoms. The summed E-state index contributed by atoms with van der Waals surface area (Å²) in [5.74, 6) is -0.417. The molecule has 7 heteroatoms. The fourth-order valence-corrected chi connectivity index (χ4v) is 3.75. The summed E-state index contributed by atoms with van der Waals surface area (Å²) in [6.07, 6.45) is 0.356. The molecule has 0 bridgehead atoms. The summed E-state index contributed by atoms with van der Waals surface area (Å²) in [4.78, 5) is 42.8. The minimum atomic E-state index is -0.856. The Balaban J connectivity index is 2.04. The standard InChI is InChI=1S/C25H32N4O3/c1-17(2)14-23(30)28-16-20(27-24(31)18(3)26-4)25(32)29(15-19-10-6-5-7-11-19)22-13-9-8-12-21(22)28/h5-13,17-18,20,26H,14-16H2,1-4H3,(H,27,31)/t18?,20-/m0/s1. The predicted octanol–water partition coefficient (Wildman–Crippen LogP) is 2.71. The first-order chi connectivity index (χ1) is 15.3. The van der Waals surface area contributed by atoms with Crippen LogP contribution < -0.4 is 20.4 Å². The van der Waals surface area contributed by atoms with Crippen molar-refractivity contribution < 1.29 is 14.4 Å². The summed E-state index contributed by atoms with van der Waals surface area (Å²) in [6, 6.07) is 15.8. The number of rotatable bonds is 7. The number of likely N-dealkylation sites (N-methyl/N-ethyl adjacent to an activating group) is 1. The zero-order valence-corrected chi connectivity index (χ0v) is 19.2. The molecule has 0 radical (unpaired) electrons. The van der Waals surface area contributed by atoms with Crippen LogP contribution in [0.2, 0.25) is 0 Å². The highest BCUT2D eigenvalue weighted by molar-refractivity contribution is 6.08. The number of nitrogens with zero attached hydrogens (tertiary/aromatic N) is 2. The Hall–Kier alpha value is -3.19. The molecular formula is C25H32N4O3. The van der Waals surface area contributed by atoms with Crippen molar-refractivity contribution in [1.82, 2.24) is 10.6 Å². The third-order valence-corrected chi connectivity index (χ3v) is 5.60. The Labute approximate surface area is 189 Å². The Kier molecular flexibility index (Phi) is 7.64. The van der Waals surface area contributed by atoms with Gasteiger partial charge < -0.3 is 20.4 Å². The molecule has 1 aliphatic heterocycles. The van der Waals surface area contributed by atoms with Gasteiger partial charge in [-0.3, -0.25) is 14.4 Å². The van der Waals surface area contributed by atoms with E-state index in [0.29, 0.717) is 24.3 Å². The average Bonchev–Trinajstić information content (AvgIpc) is 2.89. The highest BCUT2D eigenvalue weighted by Gasteiger charge is 2.37. The van der Waals surface area contributed by atoms with Gasteiger partial charge in [0.15, 0.2) is 0 Å². The monoisotopic (exact) mass is 436 g/mol. The maximum atomic E-state index is 13.7. The van der Waals surface area contributed by atoms with E-state index in [9.17, 15) is 14.4 Å². The number of hydrogen-bond donors (Lipinski definition) is 2. The van der Waals surface area contributed by atoms with E-state index in [0.717, 1.165) is 5.56 Å². The first-order valence-corrected chi connectivity index (χ1v) is 11.0. The molecule has 2 N–H and O–H groups in total. The summed E-state index contributed by atoms with van der Waals surface area (Å²) in [7, 11) is 1.69. The van der Waals surface area contributed by atoms with Crippen LogP contribution in [0.4, 0.5) is 11.4 Å². The van der Waals surface area contributed by atoms with Crippen LogP contribution in [0.1, 0.15) is 32.8 Å². The van der Waals surface area contributed by atoms with E-state index in [2.05, 4.69) is 10.6 Å². The van der Waals surface area contributed by atoms with Crippen molar-refractivity contribution in [1.29, 1.82) is 0 Å². The molecule has 170 valence electrons. The molecule has 2 aromatic carbocycles. The van der Waals surface area contributed by atoms with Gasteiger partial charge in [-0.2, -0.15) is 0 Å². The number of carbonyl (C=O) groups excluding carboxylic acids is 3. The van der Waals surface area contributed by atoms with E-state index in [1.165, 1.54) is 0 Å². The van der Waals surface area contributed by atoms with Crippen molar-refractivity contribution in [3.05, 3.63) is 60.2 Å². The fraction of sp³-hybridized carbons (Fsp3) is 0.400. The second-order valence-corrected chi connectivity index (χ2v) is 8.57. The first-order valence-electron chi connectivity index (χ1n) is 11.0. The second-order valence-electron chi connectivity index (χ2n) is 8.57. The smallest absolute Gasteiger partial charge is 0.251 e. The van der Waals surface area contributed by atoms with Gasteiger partial charge in [-0.05, 0) is 37.6 Å². The molecule has 3 rings (SSSR count). The largest absolute Gasteiger partial charge is 0.341 e. The Bertz CT molecular complexity index is 961. The number of hydrogen-bond acceptors (Lipinski definition) is 4. The lowest BCUT2D eigenvalue weighted by molar-refractivity contribution is -0.128. The van der Waals surface area contributed by atoms with E-state index in [-0.39, 0.29) is 30.2 Å². The molecule has 2 aromatic rings. The molecule has 0 saturated carbocycles. The predicted molar refractivity (Wildman–Crippen MR) is 126 cm³/mol. The van der Waals surface area contributed by atoms with Crippen LogP contribution in [-0.4, -0.2) is 43.4 Å². The molecular weight excluding hydrogens is 404 g/mol. The molecule has 0 fully saturated rings. The summed E-state index contributed by atoms with van der Waals surface area (Å²) >= 11 is 0. The van der Waals surface area contributed by atoms with E-state index in [1.54, 1.807) is 23.8 Å². The zero-order chi connectivity index (χ0) is 23.3. The summed E-state index contributed by atoms with van der Waals surface area (Å²) < 4.78 is 0. The average molecular weight is 437 g/mol. The lowest BCUT2D eigenvalue weighted by Gasteiger charge is -2.26. The lowest BCUT2D eigenvalue weighted by atomic mass is 10.1. The van der Waals surface area contributed by atoms with Crippen molar-refractivity contribution in [3.8, 4) is 0 Å². The van der Waals surface area contributed by atoms with Gasteiger partial charge in [0.1, 0.15) is 6.04 Å². The van der Waals surface area contributed by atoms with Crippen molar-refractivity contribution in [2.45, 2.75) is 45.8 Å². The van der Waals surface area contributed by atoms with Gasteiger partial charge in [-0.15, -0.1) is 0 Å². The number of nitrogens with one attached hydrogen (secondary N) is 2. The van der Waals surface area contributed by atoms with E-state index in [1.807, 2.05) is 68.4 Å². The molecule has 0 saturated heterocycles. The molecule has 0 spiro atoms. The minimum absolute atomic E-state index is 0.0669. The quantitative estimate of drug-likeness (QED) is 0.699.